The van der Waals surface area contributed by atoms with E-state index in [1.807, 2.05) is 36.4 Å². The Kier molecular flexibility index (Phi) is 8.97. The van der Waals surface area contributed by atoms with Gasteiger partial charge in [0.15, 0.2) is 0 Å². The van der Waals surface area contributed by atoms with Crippen LogP contribution in [0.3, 0.4) is 0 Å². The molecule has 0 aliphatic rings. The maximum atomic E-state index is 12.8. The van der Waals surface area contributed by atoms with Gasteiger partial charge in [0, 0.05) is 6.42 Å². The van der Waals surface area contributed by atoms with Crippen molar-refractivity contribution < 1.29 is 27.7 Å². The third-order valence-electron chi connectivity index (χ3n) is 4.47. The molecular formula is C21H26N2O6S. The summed E-state index contributed by atoms with van der Waals surface area (Å²) in [6.07, 6.45) is 0.558. The first-order valence-electron chi connectivity index (χ1n) is 9.54. The van der Waals surface area contributed by atoms with Crippen molar-refractivity contribution in [2.75, 3.05) is 12.3 Å². The van der Waals surface area contributed by atoms with Gasteiger partial charge in [-0.1, -0.05) is 60.7 Å². The van der Waals surface area contributed by atoms with Crippen LogP contribution < -0.4 is 10.6 Å². The number of carbonyl (C=O) groups excluding carboxylic acids is 1. The summed E-state index contributed by atoms with van der Waals surface area (Å²) in [5.41, 5.74) is 1.65. The molecule has 0 radical (unpaired) electrons. The minimum Gasteiger partial charge on any atom is -0.480 e. The molecule has 2 atom stereocenters. The lowest BCUT2D eigenvalue weighted by Crippen LogP contribution is -2.52. The van der Waals surface area contributed by atoms with E-state index in [1.54, 1.807) is 24.3 Å². The molecule has 8 nitrogen and oxygen atoms in total. The SMILES string of the molecule is O=C(O)[C@@H](Cc1ccccc1)NC(=O)[C@@H](Cc1ccccc1)NCCCS(=O)(=O)O. The summed E-state index contributed by atoms with van der Waals surface area (Å²) in [4.78, 5) is 24.5. The smallest absolute Gasteiger partial charge is 0.326 e. The van der Waals surface area contributed by atoms with Crippen LogP contribution in [0.4, 0.5) is 0 Å². The van der Waals surface area contributed by atoms with E-state index in [4.69, 9.17) is 4.55 Å². The van der Waals surface area contributed by atoms with Crippen LogP contribution >= 0.6 is 0 Å². The van der Waals surface area contributed by atoms with Gasteiger partial charge >= 0.3 is 5.97 Å². The summed E-state index contributed by atoms with van der Waals surface area (Å²) in [7, 11) is -4.08. The second-order valence-corrected chi connectivity index (χ2v) is 8.50. The van der Waals surface area contributed by atoms with Crippen LogP contribution in [-0.2, 0) is 32.5 Å². The number of carbonyl (C=O) groups is 2. The van der Waals surface area contributed by atoms with Gasteiger partial charge in [-0.25, -0.2) is 4.79 Å². The quantitative estimate of drug-likeness (QED) is 0.292. The summed E-state index contributed by atoms with van der Waals surface area (Å²) >= 11 is 0. The fourth-order valence-electron chi connectivity index (χ4n) is 2.96. The first kappa shape index (κ1) is 23.5. The van der Waals surface area contributed by atoms with Gasteiger partial charge in [-0.3, -0.25) is 9.35 Å². The van der Waals surface area contributed by atoms with E-state index < -0.39 is 39.8 Å². The molecule has 0 fully saturated rings. The number of amides is 1. The van der Waals surface area contributed by atoms with Gasteiger partial charge in [0.05, 0.1) is 11.8 Å². The Morgan fingerprint density at radius 1 is 0.867 bits per heavy atom. The van der Waals surface area contributed by atoms with Gasteiger partial charge in [0.1, 0.15) is 6.04 Å². The summed E-state index contributed by atoms with van der Waals surface area (Å²) in [5.74, 6) is -2.06. The number of hydrogen-bond donors (Lipinski definition) is 4. The van der Waals surface area contributed by atoms with Gasteiger partial charge < -0.3 is 15.7 Å². The molecule has 2 rings (SSSR count). The number of carboxylic acid groups (broad SMARTS) is 1. The summed E-state index contributed by atoms with van der Waals surface area (Å²) in [6.45, 7) is 0.168. The number of aliphatic carboxylic acids is 1. The lowest BCUT2D eigenvalue weighted by Gasteiger charge is -2.22. The lowest BCUT2D eigenvalue weighted by molar-refractivity contribution is -0.142. The van der Waals surface area contributed by atoms with Crippen molar-refractivity contribution in [3.05, 3.63) is 71.8 Å². The molecule has 0 saturated heterocycles. The average Bonchev–Trinajstić information content (AvgIpc) is 2.70. The Bertz CT molecular complexity index is 919. The van der Waals surface area contributed by atoms with Gasteiger partial charge in [-0.15, -0.1) is 0 Å². The molecule has 2 aromatic carbocycles. The highest BCUT2D eigenvalue weighted by molar-refractivity contribution is 7.85. The van der Waals surface area contributed by atoms with Crippen molar-refractivity contribution in [2.45, 2.75) is 31.3 Å². The van der Waals surface area contributed by atoms with Crippen LogP contribution in [0.25, 0.3) is 0 Å². The highest BCUT2D eigenvalue weighted by Crippen LogP contribution is 2.07. The highest BCUT2D eigenvalue weighted by atomic mass is 32.2. The third-order valence-corrected chi connectivity index (χ3v) is 5.27. The molecule has 0 aliphatic heterocycles. The predicted octanol–water partition coefficient (Wildman–Crippen LogP) is 1.28. The fraction of sp³-hybridized carbons (Fsp3) is 0.333. The van der Waals surface area contributed by atoms with Crippen molar-refractivity contribution in [1.82, 2.24) is 10.6 Å². The first-order chi connectivity index (χ1) is 14.2. The molecule has 2 aromatic rings. The zero-order chi connectivity index (χ0) is 22.0. The molecule has 0 heterocycles. The Morgan fingerprint density at radius 2 is 1.37 bits per heavy atom. The molecule has 162 valence electrons. The van der Waals surface area contributed by atoms with Crippen LogP contribution in [0, 0.1) is 0 Å². The fourth-order valence-corrected chi connectivity index (χ4v) is 3.47. The Hall–Kier alpha value is -2.75. The summed E-state index contributed by atoms with van der Waals surface area (Å²) < 4.78 is 30.6. The normalized spacial score (nSPS) is 13.4. The van der Waals surface area contributed by atoms with E-state index >= 15 is 0 Å². The van der Waals surface area contributed by atoms with Crippen LogP contribution in [0.5, 0.6) is 0 Å². The molecule has 0 aromatic heterocycles. The van der Waals surface area contributed by atoms with E-state index in [0.717, 1.165) is 11.1 Å². The van der Waals surface area contributed by atoms with Gasteiger partial charge in [0.2, 0.25) is 5.91 Å². The van der Waals surface area contributed by atoms with Crippen molar-refractivity contribution >= 4 is 22.0 Å². The molecule has 0 saturated carbocycles. The van der Waals surface area contributed by atoms with Gasteiger partial charge in [0.25, 0.3) is 10.1 Å². The van der Waals surface area contributed by atoms with Crippen LogP contribution in [0.1, 0.15) is 17.5 Å². The Balaban J connectivity index is 2.05. The Labute approximate surface area is 176 Å². The molecule has 0 spiro atoms. The van der Waals surface area contributed by atoms with Gasteiger partial charge in [-0.2, -0.15) is 8.42 Å². The van der Waals surface area contributed by atoms with E-state index in [0.29, 0.717) is 6.42 Å². The van der Waals surface area contributed by atoms with Gasteiger partial charge in [-0.05, 0) is 30.5 Å². The minimum atomic E-state index is -4.08. The van der Waals surface area contributed by atoms with Crippen molar-refractivity contribution in [3.63, 3.8) is 0 Å². The maximum Gasteiger partial charge on any atom is 0.326 e. The van der Waals surface area contributed by atoms with Crippen molar-refractivity contribution in [1.29, 1.82) is 0 Å². The van der Waals surface area contributed by atoms with E-state index in [-0.39, 0.29) is 19.4 Å². The molecule has 1 amide bonds. The molecule has 30 heavy (non-hydrogen) atoms. The zero-order valence-corrected chi connectivity index (χ0v) is 17.2. The lowest BCUT2D eigenvalue weighted by atomic mass is 10.0. The second-order valence-electron chi connectivity index (χ2n) is 6.93. The average molecular weight is 435 g/mol. The van der Waals surface area contributed by atoms with Crippen molar-refractivity contribution in [3.8, 4) is 0 Å². The zero-order valence-electron chi connectivity index (χ0n) is 16.4. The number of carboxylic acids is 1. The van der Waals surface area contributed by atoms with Crippen LogP contribution in [0.15, 0.2) is 60.7 Å². The predicted molar refractivity (Wildman–Crippen MR) is 113 cm³/mol. The second kappa shape index (κ2) is 11.4. The number of rotatable bonds is 12. The minimum absolute atomic E-state index is 0.115. The molecule has 4 N–H and O–H groups in total. The maximum absolute atomic E-state index is 12.8. The van der Waals surface area contributed by atoms with E-state index in [2.05, 4.69) is 10.6 Å². The summed E-state index contributed by atoms with van der Waals surface area (Å²) in [6, 6.07) is 16.3. The van der Waals surface area contributed by atoms with Crippen molar-refractivity contribution in [2.24, 2.45) is 0 Å². The monoisotopic (exact) mass is 434 g/mol. The number of hydrogen-bond acceptors (Lipinski definition) is 5. The summed E-state index contributed by atoms with van der Waals surface area (Å²) in [5, 5.41) is 15.1. The molecule has 9 heteroatoms. The van der Waals surface area contributed by atoms with E-state index in [9.17, 15) is 23.1 Å². The first-order valence-corrected chi connectivity index (χ1v) is 11.1. The Morgan fingerprint density at radius 3 is 1.83 bits per heavy atom. The largest absolute Gasteiger partial charge is 0.480 e. The standard InChI is InChI=1S/C21H26N2O6S/c24-20(23-19(21(25)26)15-17-10-5-2-6-11-17)18(14-16-8-3-1-4-9-16)22-12-7-13-30(27,28)29/h1-6,8-11,18-19,22H,7,12-15H2,(H,23,24)(H,25,26)(H,27,28,29)/t18-,19-/m1/s1. The van der Waals surface area contributed by atoms with Crippen LogP contribution in [0.2, 0.25) is 0 Å². The topological polar surface area (TPSA) is 133 Å². The number of nitrogens with one attached hydrogen (secondary N) is 2. The molecule has 0 bridgehead atoms. The van der Waals surface area contributed by atoms with Crippen LogP contribution in [-0.4, -0.2) is 54.3 Å². The molecule has 0 aliphatic carbocycles. The highest BCUT2D eigenvalue weighted by Gasteiger charge is 2.25. The number of benzene rings is 2. The third kappa shape index (κ3) is 8.73. The molecule has 0 unspecified atom stereocenters. The van der Waals surface area contributed by atoms with E-state index in [1.165, 1.54) is 0 Å². The molecular weight excluding hydrogens is 408 g/mol.